The molecule has 0 aromatic heterocycles. The van der Waals surface area contributed by atoms with E-state index in [1.165, 1.54) is 11.1 Å². The molecule has 4 aliphatic heterocycles. The summed E-state index contributed by atoms with van der Waals surface area (Å²) in [6, 6.07) is 9.35. The number of hydrogen-bond acceptors (Lipinski definition) is 18. The molecule has 4 saturated heterocycles. The highest BCUT2D eigenvalue weighted by Crippen LogP contribution is 2.11. The summed E-state index contributed by atoms with van der Waals surface area (Å²) in [5, 5.41) is 51.8. The molecular weight excluding hydrogens is 757 g/mol. The summed E-state index contributed by atoms with van der Waals surface area (Å²) in [5.74, 6) is 0. The van der Waals surface area contributed by atoms with Crippen molar-refractivity contribution in [2.75, 3.05) is 209 Å². The predicted octanol–water partition coefficient (Wildman–Crippen LogP) is -5.23. The molecule has 346 valence electrons. The van der Waals surface area contributed by atoms with Crippen LogP contribution in [0.4, 0.5) is 0 Å². The van der Waals surface area contributed by atoms with Gasteiger partial charge in [0.15, 0.2) is 0 Å². The van der Waals surface area contributed by atoms with Crippen molar-refractivity contribution in [3.63, 3.8) is 0 Å². The van der Waals surface area contributed by atoms with Gasteiger partial charge in [-0.15, -0.1) is 0 Å². The first kappa shape index (κ1) is 49.5. The van der Waals surface area contributed by atoms with Crippen LogP contribution in [-0.2, 0) is 13.1 Å². The maximum atomic E-state index is 4.07. The quantitative estimate of drug-likeness (QED) is 0.107. The van der Waals surface area contributed by atoms with Crippen LogP contribution >= 0.6 is 0 Å². The normalized spacial score (nSPS) is 24.0. The minimum absolute atomic E-state index is 0.127. The van der Waals surface area contributed by atoms with Gasteiger partial charge in [0.2, 0.25) is 0 Å². The van der Waals surface area contributed by atoms with Crippen LogP contribution in [0.15, 0.2) is 24.3 Å². The van der Waals surface area contributed by atoms with Gasteiger partial charge in [0.25, 0.3) is 0 Å². The Kier molecular flexibility index (Phi) is 27.3. The molecule has 4 heterocycles. The molecule has 0 atom stereocenters. The fraction of sp³-hybridized carbons (Fsp3) is 0.857. The van der Waals surface area contributed by atoms with Gasteiger partial charge in [-0.1, -0.05) is 24.3 Å². The standard InChI is InChI=1S/C42H88N18/c1-2-40(38-56-42(59-33-25-51-17-9-45-10-18-52-26-34-59)60-35-27-53-19-11-46-12-20-54-28-36-60)4-3-39(1)37-55-41(57-29-21-47-13-5-43-6-14-48-22-30-57)58-31-23-49-15-7-44-8-16-50-24-32-58/h1-4,41-56H,5-38H2. The Labute approximate surface area is 363 Å². The van der Waals surface area contributed by atoms with Gasteiger partial charge in [-0.3, -0.25) is 30.2 Å². The van der Waals surface area contributed by atoms with Gasteiger partial charge in [-0.05, 0) is 11.1 Å². The smallest absolute Gasteiger partial charge is 0.117 e. The van der Waals surface area contributed by atoms with E-state index in [2.05, 4.69) is 118 Å². The van der Waals surface area contributed by atoms with E-state index < -0.39 is 0 Å². The zero-order valence-electron chi connectivity index (χ0n) is 37.3. The zero-order valence-corrected chi connectivity index (χ0v) is 37.3. The number of nitrogens with one attached hydrogen (secondary N) is 14. The van der Waals surface area contributed by atoms with E-state index in [9.17, 15) is 0 Å². The SMILES string of the molecule is c1cc(CNC(N2CCNCCNCCNCC2)N2CCNCCNCCNCC2)ccc1CNC(N1CCNCCNCCNCC1)N1CCNCCNCCNCC1. The first-order valence-electron chi connectivity index (χ1n) is 23.9. The van der Waals surface area contributed by atoms with E-state index in [1.807, 2.05) is 0 Å². The van der Waals surface area contributed by atoms with Crippen LogP contribution in [0, 0.1) is 0 Å². The molecule has 1 aromatic rings. The molecule has 4 fully saturated rings. The van der Waals surface area contributed by atoms with Crippen LogP contribution in [0.25, 0.3) is 0 Å². The fourth-order valence-electron chi connectivity index (χ4n) is 8.29. The Hall–Kier alpha value is -1.50. The Morgan fingerprint density at radius 3 is 0.633 bits per heavy atom. The second-order valence-electron chi connectivity index (χ2n) is 16.5. The second kappa shape index (κ2) is 33.1. The Morgan fingerprint density at radius 1 is 0.283 bits per heavy atom. The Balaban J connectivity index is 1.26. The fourth-order valence-corrected chi connectivity index (χ4v) is 8.29. The van der Waals surface area contributed by atoms with Gasteiger partial charge in [0, 0.05) is 223 Å². The first-order chi connectivity index (χ1) is 29.9. The summed E-state index contributed by atoms with van der Waals surface area (Å²) in [4.78, 5) is 10.6. The zero-order chi connectivity index (χ0) is 41.4. The average molecular weight is 845 g/mol. The molecule has 4 aliphatic rings. The Bertz CT molecular complexity index is 957. The molecule has 0 saturated carbocycles. The lowest BCUT2D eigenvalue weighted by Crippen LogP contribution is -2.61. The summed E-state index contributed by atoms with van der Waals surface area (Å²) < 4.78 is 0. The van der Waals surface area contributed by atoms with Crippen molar-refractivity contribution in [2.45, 2.75) is 25.7 Å². The maximum Gasteiger partial charge on any atom is 0.117 e. The highest BCUT2D eigenvalue weighted by atomic mass is 15.5. The van der Waals surface area contributed by atoms with Gasteiger partial charge in [0.1, 0.15) is 12.6 Å². The summed E-state index contributed by atoms with van der Waals surface area (Å²) in [7, 11) is 0. The Morgan fingerprint density at radius 2 is 0.450 bits per heavy atom. The molecule has 0 spiro atoms. The molecule has 60 heavy (non-hydrogen) atoms. The van der Waals surface area contributed by atoms with Crippen LogP contribution in [-0.4, -0.2) is 242 Å². The van der Waals surface area contributed by atoms with Crippen LogP contribution < -0.4 is 74.4 Å². The molecule has 0 unspecified atom stereocenters. The van der Waals surface area contributed by atoms with Crippen molar-refractivity contribution in [1.29, 1.82) is 0 Å². The van der Waals surface area contributed by atoms with E-state index in [1.54, 1.807) is 0 Å². The van der Waals surface area contributed by atoms with Crippen molar-refractivity contribution in [1.82, 2.24) is 94.0 Å². The molecule has 5 rings (SSSR count). The van der Waals surface area contributed by atoms with E-state index in [-0.39, 0.29) is 12.6 Å². The third kappa shape index (κ3) is 21.2. The molecule has 0 radical (unpaired) electrons. The summed E-state index contributed by atoms with van der Waals surface area (Å²) in [6.07, 6.45) is 0.254. The number of rotatable bonds is 10. The van der Waals surface area contributed by atoms with Crippen molar-refractivity contribution in [3.05, 3.63) is 35.4 Å². The van der Waals surface area contributed by atoms with Gasteiger partial charge in [0.05, 0.1) is 0 Å². The maximum absolute atomic E-state index is 4.07. The van der Waals surface area contributed by atoms with E-state index in [0.717, 1.165) is 223 Å². The molecule has 0 bridgehead atoms. The summed E-state index contributed by atoms with van der Waals surface area (Å²) in [5.41, 5.74) is 2.64. The highest BCUT2D eigenvalue weighted by molar-refractivity contribution is 5.22. The number of hydrogen-bond donors (Lipinski definition) is 14. The minimum atomic E-state index is 0.127. The number of benzene rings is 1. The second-order valence-corrected chi connectivity index (χ2v) is 16.5. The third-order valence-electron chi connectivity index (χ3n) is 11.8. The molecule has 1 aromatic carbocycles. The average Bonchev–Trinajstić information content (AvgIpc) is 3.24. The van der Waals surface area contributed by atoms with Crippen molar-refractivity contribution >= 4 is 0 Å². The molecule has 0 aliphatic carbocycles. The van der Waals surface area contributed by atoms with Gasteiger partial charge < -0.3 is 63.8 Å². The summed E-state index contributed by atoms with van der Waals surface area (Å²) in [6.45, 7) is 33.4. The lowest BCUT2D eigenvalue weighted by atomic mass is 10.1. The van der Waals surface area contributed by atoms with Crippen LogP contribution in [0.3, 0.4) is 0 Å². The van der Waals surface area contributed by atoms with Gasteiger partial charge in [-0.25, -0.2) is 0 Å². The monoisotopic (exact) mass is 845 g/mol. The van der Waals surface area contributed by atoms with Crippen LogP contribution in [0.5, 0.6) is 0 Å². The highest BCUT2D eigenvalue weighted by Gasteiger charge is 2.26. The lowest BCUT2D eigenvalue weighted by molar-refractivity contribution is 0.0174. The van der Waals surface area contributed by atoms with Crippen LogP contribution in [0.2, 0.25) is 0 Å². The largest absolute Gasteiger partial charge is 0.314 e. The topological polar surface area (TPSA) is 181 Å². The van der Waals surface area contributed by atoms with Crippen molar-refractivity contribution in [3.8, 4) is 0 Å². The lowest BCUT2D eigenvalue weighted by Gasteiger charge is -2.41. The minimum Gasteiger partial charge on any atom is -0.314 e. The van der Waals surface area contributed by atoms with Crippen molar-refractivity contribution in [2.24, 2.45) is 0 Å². The number of nitrogens with zero attached hydrogens (tertiary/aromatic N) is 4. The van der Waals surface area contributed by atoms with E-state index in [4.69, 9.17) is 0 Å². The summed E-state index contributed by atoms with van der Waals surface area (Å²) >= 11 is 0. The van der Waals surface area contributed by atoms with Gasteiger partial charge in [-0.2, -0.15) is 0 Å². The van der Waals surface area contributed by atoms with Gasteiger partial charge >= 0.3 is 0 Å². The molecule has 18 nitrogen and oxygen atoms in total. The van der Waals surface area contributed by atoms with E-state index >= 15 is 0 Å². The first-order valence-corrected chi connectivity index (χ1v) is 23.9. The van der Waals surface area contributed by atoms with Crippen LogP contribution in [0.1, 0.15) is 11.1 Å². The molecule has 18 heteroatoms. The molecule has 0 amide bonds. The van der Waals surface area contributed by atoms with Crippen molar-refractivity contribution < 1.29 is 0 Å². The molecular formula is C42H88N18. The molecule has 14 N–H and O–H groups in total. The van der Waals surface area contributed by atoms with E-state index in [0.29, 0.717) is 0 Å². The predicted molar refractivity (Wildman–Crippen MR) is 248 cm³/mol. The third-order valence-corrected chi connectivity index (χ3v) is 11.8.